The number of aryl methyl sites for hydroxylation is 1. The Bertz CT molecular complexity index is 1210. The van der Waals surface area contributed by atoms with Crippen molar-refractivity contribution < 1.29 is 13.9 Å². The lowest BCUT2D eigenvalue weighted by Crippen LogP contribution is -2.09. The van der Waals surface area contributed by atoms with Crippen molar-refractivity contribution in [3.05, 3.63) is 70.0 Å². The molecule has 0 radical (unpaired) electrons. The van der Waals surface area contributed by atoms with Gasteiger partial charge in [-0.2, -0.15) is 5.10 Å². The highest BCUT2D eigenvalue weighted by Gasteiger charge is 2.16. The van der Waals surface area contributed by atoms with Crippen LogP contribution in [0.5, 0.6) is 0 Å². The Kier molecular flexibility index (Phi) is 4.74. The summed E-state index contributed by atoms with van der Waals surface area (Å²) >= 11 is 1.30. The largest absolute Gasteiger partial charge is 0.465 e. The van der Waals surface area contributed by atoms with Crippen LogP contribution in [0.3, 0.4) is 0 Å². The van der Waals surface area contributed by atoms with E-state index in [1.165, 1.54) is 25.1 Å². The third-order valence-corrected chi connectivity index (χ3v) is 5.04. The Hall–Kier alpha value is -3.33. The number of fused-ring (bicyclic) bond motifs is 1. The molecule has 3 aromatic heterocycles. The average Bonchev–Trinajstić information content (AvgIpc) is 3.30. The summed E-state index contributed by atoms with van der Waals surface area (Å²) in [7, 11) is 1.32. The normalized spacial score (nSPS) is 11.1. The molecule has 4 aromatic rings. The number of nitrogens with one attached hydrogen (secondary N) is 1. The Labute approximate surface area is 163 Å². The highest BCUT2D eigenvalue weighted by Crippen LogP contribution is 2.24. The number of rotatable bonds is 5. The molecule has 0 aliphatic carbocycles. The Morgan fingerprint density at radius 2 is 2.11 bits per heavy atom. The number of ether oxygens (including phenoxy) is 1. The first-order chi connectivity index (χ1) is 13.6. The minimum Gasteiger partial charge on any atom is -0.465 e. The van der Waals surface area contributed by atoms with Gasteiger partial charge in [0.25, 0.3) is 5.56 Å². The van der Waals surface area contributed by atoms with E-state index >= 15 is 0 Å². The molecule has 1 aromatic carbocycles. The van der Waals surface area contributed by atoms with Crippen LogP contribution >= 0.6 is 11.8 Å². The smallest absolute Gasteiger partial charge is 0.341 e. The maximum Gasteiger partial charge on any atom is 0.341 e. The number of thioether (sulfide) groups is 1. The fourth-order valence-corrected chi connectivity index (χ4v) is 3.53. The number of benzene rings is 1. The third kappa shape index (κ3) is 3.31. The van der Waals surface area contributed by atoms with Crippen molar-refractivity contribution in [2.45, 2.75) is 17.8 Å². The van der Waals surface area contributed by atoms with E-state index in [-0.39, 0.29) is 5.56 Å². The molecular formula is C19H16N4O4S. The van der Waals surface area contributed by atoms with Gasteiger partial charge < -0.3 is 14.1 Å². The summed E-state index contributed by atoms with van der Waals surface area (Å²) in [4.78, 5) is 31.4. The van der Waals surface area contributed by atoms with Gasteiger partial charge in [-0.05, 0) is 25.1 Å². The molecule has 3 heterocycles. The van der Waals surface area contributed by atoms with E-state index in [0.29, 0.717) is 39.0 Å². The predicted molar refractivity (Wildman–Crippen MR) is 104 cm³/mol. The first kappa shape index (κ1) is 18.1. The van der Waals surface area contributed by atoms with Crippen LogP contribution in [0.4, 0.5) is 0 Å². The van der Waals surface area contributed by atoms with Gasteiger partial charge in [0, 0.05) is 0 Å². The van der Waals surface area contributed by atoms with Crippen molar-refractivity contribution in [2.75, 3.05) is 7.11 Å². The number of carbonyl (C=O) groups excluding carboxylic acids is 1. The summed E-state index contributed by atoms with van der Waals surface area (Å²) in [5.74, 6) is 1.02. The minimum absolute atomic E-state index is 0.263. The van der Waals surface area contributed by atoms with Crippen molar-refractivity contribution in [1.29, 1.82) is 0 Å². The first-order valence-electron chi connectivity index (χ1n) is 8.40. The third-order valence-electron chi connectivity index (χ3n) is 4.14. The van der Waals surface area contributed by atoms with E-state index in [9.17, 15) is 9.59 Å². The van der Waals surface area contributed by atoms with Crippen molar-refractivity contribution in [3.63, 3.8) is 0 Å². The number of furan rings is 1. The molecular weight excluding hydrogens is 380 g/mol. The molecule has 0 saturated heterocycles. The number of nitrogens with zero attached hydrogens (tertiary/aromatic N) is 3. The molecule has 28 heavy (non-hydrogen) atoms. The van der Waals surface area contributed by atoms with Crippen LogP contribution in [-0.4, -0.2) is 32.8 Å². The van der Waals surface area contributed by atoms with Gasteiger partial charge in [0.05, 0.1) is 24.7 Å². The van der Waals surface area contributed by atoms with Crippen LogP contribution in [0.15, 0.2) is 57.0 Å². The van der Waals surface area contributed by atoms with Crippen molar-refractivity contribution in [1.82, 2.24) is 19.7 Å². The highest BCUT2D eigenvalue weighted by atomic mass is 32.2. The van der Waals surface area contributed by atoms with Crippen molar-refractivity contribution in [2.24, 2.45) is 0 Å². The van der Waals surface area contributed by atoms with Crippen LogP contribution < -0.4 is 5.56 Å². The zero-order chi connectivity index (χ0) is 19.7. The van der Waals surface area contributed by atoms with Gasteiger partial charge in [-0.15, -0.1) is 0 Å². The van der Waals surface area contributed by atoms with E-state index in [2.05, 4.69) is 15.1 Å². The monoisotopic (exact) mass is 396 g/mol. The van der Waals surface area contributed by atoms with Crippen LogP contribution in [-0.2, 0) is 10.5 Å². The maximum atomic E-state index is 12.4. The van der Waals surface area contributed by atoms with Crippen LogP contribution in [0, 0.1) is 6.92 Å². The number of esters is 1. The number of hydrogen-bond donors (Lipinski definition) is 1. The molecule has 1 N–H and O–H groups in total. The van der Waals surface area contributed by atoms with Gasteiger partial charge in [0.2, 0.25) is 0 Å². The number of hydrogen-bond acceptors (Lipinski definition) is 7. The number of methoxy groups -OCH3 is 1. The molecule has 0 fully saturated rings. The molecule has 0 unspecified atom stereocenters. The van der Waals surface area contributed by atoms with E-state index in [1.54, 1.807) is 17.7 Å². The second-order valence-electron chi connectivity index (χ2n) is 5.96. The van der Waals surface area contributed by atoms with E-state index in [0.717, 1.165) is 5.69 Å². The standard InChI is InChI=1S/C19H16N4O4S/c1-11-14(18(25)26-2)8-13(27-11)10-28-19-21-16-15(17(24)22-19)9-20-23(16)12-6-4-3-5-7-12/h3-9H,10H2,1-2H3,(H,21,22,24). The Morgan fingerprint density at radius 3 is 2.86 bits per heavy atom. The minimum atomic E-state index is -0.447. The van der Waals surface area contributed by atoms with Gasteiger partial charge in [0.15, 0.2) is 10.8 Å². The maximum absolute atomic E-state index is 12.4. The quantitative estimate of drug-likeness (QED) is 0.314. The zero-order valence-corrected chi connectivity index (χ0v) is 15.9. The average molecular weight is 396 g/mol. The summed E-state index contributed by atoms with van der Waals surface area (Å²) in [5.41, 5.74) is 1.41. The van der Waals surface area contributed by atoms with Crippen LogP contribution in [0.25, 0.3) is 16.7 Å². The Balaban J connectivity index is 1.63. The molecule has 0 aliphatic heterocycles. The lowest BCUT2D eigenvalue weighted by atomic mass is 10.2. The summed E-state index contributed by atoms with van der Waals surface area (Å²) in [5, 5.41) is 5.13. The van der Waals surface area contributed by atoms with Crippen LogP contribution in [0.2, 0.25) is 0 Å². The fraction of sp³-hybridized carbons (Fsp3) is 0.158. The molecule has 4 rings (SSSR count). The van der Waals surface area contributed by atoms with Crippen LogP contribution in [0.1, 0.15) is 21.9 Å². The lowest BCUT2D eigenvalue weighted by Gasteiger charge is -2.04. The van der Waals surface area contributed by atoms with E-state index in [4.69, 9.17) is 9.15 Å². The van der Waals surface area contributed by atoms with Gasteiger partial charge in [-0.3, -0.25) is 4.79 Å². The molecule has 0 atom stereocenters. The molecule has 0 saturated carbocycles. The number of aromatic nitrogens is 4. The zero-order valence-electron chi connectivity index (χ0n) is 15.1. The topological polar surface area (TPSA) is 103 Å². The van der Waals surface area contributed by atoms with E-state index < -0.39 is 5.97 Å². The van der Waals surface area contributed by atoms with Crippen molar-refractivity contribution in [3.8, 4) is 5.69 Å². The summed E-state index contributed by atoms with van der Waals surface area (Å²) in [6.45, 7) is 1.70. The second-order valence-corrected chi connectivity index (χ2v) is 6.93. The molecule has 0 spiro atoms. The Morgan fingerprint density at radius 1 is 1.32 bits per heavy atom. The van der Waals surface area contributed by atoms with Gasteiger partial charge in [-0.25, -0.2) is 14.5 Å². The summed E-state index contributed by atoms with van der Waals surface area (Å²) in [6.07, 6.45) is 1.50. The fourth-order valence-electron chi connectivity index (χ4n) is 2.79. The summed E-state index contributed by atoms with van der Waals surface area (Å²) < 4.78 is 12.0. The highest BCUT2D eigenvalue weighted by molar-refractivity contribution is 7.98. The molecule has 0 bridgehead atoms. The van der Waals surface area contributed by atoms with E-state index in [1.807, 2.05) is 30.3 Å². The van der Waals surface area contributed by atoms with Gasteiger partial charge >= 0.3 is 5.97 Å². The predicted octanol–water partition coefficient (Wildman–Crippen LogP) is 3.09. The van der Waals surface area contributed by atoms with Gasteiger partial charge in [0.1, 0.15) is 22.5 Å². The van der Waals surface area contributed by atoms with Gasteiger partial charge in [-0.1, -0.05) is 30.0 Å². The number of aromatic amines is 1. The molecule has 0 amide bonds. The van der Waals surface area contributed by atoms with Crippen molar-refractivity contribution >= 4 is 28.8 Å². The molecule has 142 valence electrons. The second kappa shape index (κ2) is 7.35. The lowest BCUT2D eigenvalue weighted by molar-refractivity contribution is 0.0599. The molecule has 0 aliphatic rings. The SMILES string of the molecule is COC(=O)c1cc(CSc2nc3c(cnn3-c3ccccc3)c(=O)[nH]2)oc1C. The number of para-hydroxylation sites is 1. The molecule has 8 nitrogen and oxygen atoms in total. The number of H-pyrrole nitrogens is 1. The summed E-state index contributed by atoms with van der Waals surface area (Å²) in [6, 6.07) is 11.1. The first-order valence-corrected chi connectivity index (χ1v) is 9.39. The number of carbonyl (C=O) groups is 1. The molecule has 9 heteroatoms.